The summed E-state index contributed by atoms with van der Waals surface area (Å²) in [5.41, 5.74) is -0.419. The van der Waals surface area contributed by atoms with Gasteiger partial charge in [0.15, 0.2) is 23.0 Å². The fraction of sp³-hybridized carbons (Fsp3) is 0.333. The highest BCUT2D eigenvalue weighted by molar-refractivity contribution is 14.1. The number of aromatic nitrogens is 1. The molecule has 2 aliphatic heterocycles. The Labute approximate surface area is 172 Å². The lowest BCUT2D eigenvalue weighted by molar-refractivity contribution is 0.0682. The Morgan fingerprint density at radius 1 is 1.18 bits per heavy atom. The monoisotopic (exact) mass is 503 g/mol. The van der Waals surface area contributed by atoms with Gasteiger partial charge in [0, 0.05) is 24.4 Å². The lowest BCUT2D eigenvalue weighted by atomic mass is 10.1. The van der Waals surface area contributed by atoms with Gasteiger partial charge in [0.1, 0.15) is 10.7 Å². The Balaban J connectivity index is 1.91. The number of nitrogens with zero attached hydrogens (tertiary/aromatic N) is 3. The average Bonchev–Trinajstić information content (AvgIpc) is 2.70. The van der Waals surface area contributed by atoms with Gasteiger partial charge in [0.05, 0.1) is 6.61 Å². The predicted molar refractivity (Wildman–Crippen MR) is 104 cm³/mol. The topological polar surface area (TPSA) is 75.0 Å². The van der Waals surface area contributed by atoms with Gasteiger partial charge in [0.2, 0.25) is 11.2 Å². The number of rotatable bonds is 0. The Kier molecular flexibility index (Phi) is 4.89. The van der Waals surface area contributed by atoms with Crippen molar-refractivity contribution in [1.29, 1.82) is 0 Å². The second kappa shape index (κ2) is 7.22. The van der Waals surface area contributed by atoms with Crippen molar-refractivity contribution in [3.05, 3.63) is 57.5 Å². The van der Waals surface area contributed by atoms with Crippen molar-refractivity contribution in [1.82, 2.24) is 9.58 Å². The first-order valence-electron chi connectivity index (χ1n) is 8.65. The van der Waals surface area contributed by atoms with Crippen molar-refractivity contribution < 1.29 is 23.4 Å². The maximum atomic E-state index is 14.4. The minimum Gasteiger partial charge on any atom is -0.502 e. The molecule has 2 aromatic rings. The molecule has 2 aliphatic rings. The van der Waals surface area contributed by atoms with E-state index in [-0.39, 0.29) is 24.7 Å². The third-order valence-corrected chi connectivity index (χ3v) is 6.12. The van der Waals surface area contributed by atoms with Crippen molar-refractivity contribution in [2.75, 3.05) is 24.8 Å². The molecule has 0 aliphatic carbocycles. The van der Waals surface area contributed by atoms with Crippen molar-refractivity contribution in [2.45, 2.75) is 16.9 Å². The van der Waals surface area contributed by atoms with Crippen LogP contribution in [0, 0.1) is 11.6 Å². The van der Waals surface area contributed by atoms with Gasteiger partial charge in [-0.3, -0.25) is 19.3 Å². The van der Waals surface area contributed by atoms with Gasteiger partial charge >= 0.3 is 0 Å². The Morgan fingerprint density at radius 3 is 2.75 bits per heavy atom. The molecule has 0 saturated heterocycles. The fourth-order valence-electron chi connectivity index (χ4n) is 3.36. The van der Waals surface area contributed by atoms with E-state index in [2.05, 4.69) is 0 Å². The molecule has 10 heteroatoms. The minimum absolute atomic E-state index is 0.148. The van der Waals surface area contributed by atoms with Gasteiger partial charge in [-0.25, -0.2) is 4.39 Å². The van der Waals surface area contributed by atoms with Crippen LogP contribution in [0.1, 0.15) is 32.9 Å². The summed E-state index contributed by atoms with van der Waals surface area (Å²) in [7, 11) is 0. The maximum absolute atomic E-state index is 14.4. The lowest BCUT2D eigenvalue weighted by Crippen LogP contribution is -2.54. The first-order valence-corrected chi connectivity index (χ1v) is 9.90. The van der Waals surface area contributed by atoms with Crippen LogP contribution in [0.5, 0.6) is 11.5 Å². The number of pyridine rings is 1. The molecule has 0 saturated carbocycles. The van der Waals surface area contributed by atoms with Crippen LogP contribution >= 0.6 is 22.6 Å². The van der Waals surface area contributed by atoms with Gasteiger partial charge in [0.25, 0.3) is 5.91 Å². The fourth-order valence-corrected chi connectivity index (χ4v) is 4.30. The van der Waals surface area contributed by atoms with Crippen LogP contribution in [-0.2, 0) is 0 Å². The molecule has 0 radical (unpaired) electrons. The summed E-state index contributed by atoms with van der Waals surface area (Å²) < 4.78 is 34.6. The third kappa shape index (κ3) is 2.99. The molecule has 1 aromatic heterocycles. The van der Waals surface area contributed by atoms with E-state index in [1.54, 1.807) is 5.01 Å². The van der Waals surface area contributed by atoms with Crippen molar-refractivity contribution in [3.63, 3.8) is 0 Å². The van der Waals surface area contributed by atoms with Crippen molar-refractivity contribution in [3.8, 4) is 11.5 Å². The number of fused-ring (bicyclic) bond motifs is 5. The van der Waals surface area contributed by atoms with Crippen LogP contribution in [0.3, 0.4) is 0 Å². The molecule has 1 atom stereocenters. The van der Waals surface area contributed by atoms with Crippen molar-refractivity contribution in [2.24, 2.45) is 0 Å². The number of alkyl halides is 1. The SMILES string of the molecule is O=C1c2c(O)c(=O)ccn2N2CN1CCCCOc1c(ccc(F)c1F)[C@@H]2I. The predicted octanol–water partition coefficient (Wildman–Crippen LogP) is 2.49. The van der Waals surface area contributed by atoms with E-state index in [0.29, 0.717) is 24.9 Å². The number of ether oxygens (including phenoxy) is 1. The summed E-state index contributed by atoms with van der Waals surface area (Å²) in [6.45, 7) is 0.701. The van der Waals surface area contributed by atoms with E-state index in [1.165, 1.54) is 21.8 Å². The van der Waals surface area contributed by atoms with Crippen molar-refractivity contribution >= 4 is 28.5 Å². The number of benzene rings is 1. The summed E-state index contributed by atoms with van der Waals surface area (Å²) in [5.74, 6) is -3.33. The summed E-state index contributed by atoms with van der Waals surface area (Å²) in [4.78, 5) is 26.2. The van der Waals surface area contributed by atoms with E-state index in [0.717, 1.165) is 12.1 Å². The zero-order valence-corrected chi connectivity index (χ0v) is 16.7. The lowest BCUT2D eigenvalue weighted by Gasteiger charge is -2.42. The number of carbonyl (C=O) groups is 1. The van der Waals surface area contributed by atoms with Gasteiger partial charge in [-0.1, -0.05) is 22.6 Å². The zero-order valence-electron chi connectivity index (χ0n) is 14.6. The molecule has 0 spiro atoms. The summed E-state index contributed by atoms with van der Waals surface area (Å²) >= 11 is 2.03. The molecular weight excluding hydrogens is 487 g/mol. The molecule has 0 fully saturated rings. The molecular formula is C18H16F2IN3O4. The molecule has 1 amide bonds. The molecule has 3 heterocycles. The van der Waals surface area contributed by atoms with Gasteiger partial charge in [-0.2, -0.15) is 4.39 Å². The maximum Gasteiger partial charge on any atom is 0.277 e. The highest BCUT2D eigenvalue weighted by Crippen LogP contribution is 2.38. The molecule has 28 heavy (non-hydrogen) atoms. The van der Waals surface area contributed by atoms with Crippen LogP contribution in [0.15, 0.2) is 29.2 Å². The highest BCUT2D eigenvalue weighted by atomic mass is 127. The van der Waals surface area contributed by atoms with E-state index in [9.17, 15) is 23.5 Å². The second-order valence-corrected chi connectivity index (χ2v) is 7.72. The minimum atomic E-state index is -1.06. The van der Waals surface area contributed by atoms with Crippen LogP contribution < -0.4 is 15.2 Å². The number of aromatic hydroxyl groups is 1. The summed E-state index contributed by atoms with van der Waals surface area (Å²) in [6.07, 6.45) is 2.48. The quantitative estimate of drug-likeness (QED) is 0.340. The van der Waals surface area contributed by atoms with Gasteiger partial charge in [-0.05, 0) is 25.0 Å². The van der Waals surface area contributed by atoms with Crippen LogP contribution in [-0.4, -0.2) is 40.4 Å². The van der Waals surface area contributed by atoms with E-state index >= 15 is 0 Å². The molecule has 1 N–H and O–H groups in total. The molecule has 2 bridgehead atoms. The Morgan fingerprint density at radius 2 is 1.96 bits per heavy atom. The van der Waals surface area contributed by atoms with E-state index in [1.807, 2.05) is 22.6 Å². The van der Waals surface area contributed by atoms with E-state index < -0.39 is 32.8 Å². The third-order valence-electron chi connectivity index (χ3n) is 4.80. The van der Waals surface area contributed by atoms with Crippen LogP contribution in [0.25, 0.3) is 0 Å². The summed E-state index contributed by atoms with van der Waals surface area (Å²) in [6, 6.07) is 3.62. The number of hydrogen-bond donors (Lipinski definition) is 1. The Bertz CT molecular complexity index is 1010. The number of carbonyl (C=O) groups excluding carboxylic acids is 1. The number of hydrogen-bond acceptors (Lipinski definition) is 5. The first kappa shape index (κ1) is 19.0. The normalized spacial score (nSPS) is 19.4. The summed E-state index contributed by atoms with van der Waals surface area (Å²) in [5, 5.41) is 11.9. The number of amides is 1. The molecule has 7 nitrogen and oxygen atoms in total. The highest BCUT2D eigenvalue weighted by Gasteiger charge is 2.36. The zero-order chi connectivity index (χ0) is 20.0. The van der Waals surface area contributed by atoms with E-state index in [4.69, 9.17) is 4.74 Å². The Hall–Kier alpha value is -2.37. The molecule has 1 aromatic carbocycles. The first-order chi connectivity index (χ1) is 13.4. The average molecular weight is 503 g/mol. The molecule has 4 rings (SSSR count). The smallest absolute Gasteiger partial charge is 0.277 e. The largest absolute Gasteiger partial charge is 0.502 e. The molecule has 0 unspecified atom stereocenters. The molecule has 148 valence electrons. The van der Waals surface area contributed by atoms with Crippen LogP contribution in [0.2, 0.25) is 0 Å². The number of halogens is 3. The van der Waals surface area contributed by atoms with Crippen LogP contribution in [0.4, 0.5) is 8.78 Å². The second-order valence-electron chi connectivity index (χ2n) is 6.54. The standard InChI is InChI=1S/C18H16F2IN3O4/c19-11-4-3-10-16(13(11)20)28-8-2-1-6-22-9-24(17(10)21)23-7-5-12(25)15(26)14(23)18(22)27/h3-5,7,17,26H,1-2,6,8-9H2/t17-/m1/s1. The van der Waals surface area contributed by atoms with Gasteiger partial charge in [-0.15, -0.1) is 0 Å². The van der Waals surface area contributed by atoms with Gasteiger partial charge < -0.3 is 14.7 Å².